The summed E-state index contributed by atoms with van der Waals surface area (Å²) in [7, 11) is 1.64. The van der Waals surface area contributed by atoms with Crippen LogP contribution < -0.4 is 14.8 Å². The van der Waals surface area contributed by atoms with Gasteiger partial charge in [-0.1, -0.05) is 36.4 Å². The van der Waals surface area contributed by atoms with Crippen LogP contribution in [0.4, 0.5) is 0 Å². The molecule has 26 heavy (non-hydrogen) atoms. The Labute approximate surface area is 153 Å². The number of rotatable bonds is 10. The zero-order valence-corrected chi connectivity index (χ0v) is 14.7. The van der Waals surface area contributed by atoms with Crippen LogP contribution in [0.15, 0.2) is 48.5 Å². The Morgan fingerprint density at radius 2 is 1.46 bits per heavy atom. The molecule has 0 aromatic heterocycles. The van der Waals surface area contributed by atoms with E-state index < -0.39 is 6.73 Å². The Balaban J connectivity index is 1.84. The molecule has 2 N–H and O–H groups in total. The lowest BCUT2D eigenvalue weighted by atomic mass is 10.1. The summed E-state index contributed by atoms with van der Waals surface area (Å²) >= 11 is 0. The van der Waals surface area contributed by atoms with Crippen LogP contribution in [0.3, 0.4) is 0 Å². The largest absolute Gasteiger partial charge is 0.491 e. The molecule has 2 aromatic carbocycles. The third-order valence-corrected chi connectivity index (χ3v) is 3.43. The number of methoxy groups -OCH3 is 1. The van der Waals surface area contributed by atoms with Crippen LogP contribution in [-0.2, 0) is 9.53 Å². The van der Waals surface area contributed by atoms with Crippen molar-refractivity contribution in [3.05, 3.63) is 59.7 Å². The molecule has 138 valence electrons. The van der Waals surface area contributed by atoms with E-state index in [1.807, 2.05) is 48.6 Å². The summed E-state index contributed by atoms with van der Waals surface area (Å²) in [5.74, 6) is 1.03. The predicted octanol–water partition coefficient (Wildman–Crippen LogP) is 2.33. The Morgan fingerprint density at radius 1 is 0.923 bits per heavy atom. The van der Waals surface area contributed by atoms with Crippen LogP contribution in [0.5, 0.6) is 11.5 Å². The maximum atomic E-state index is 11.2. The van der Waals surface area contributed by atoms with E-state index in [2.05, 4.69) is 5.32 Å². The van der Waals surface area contributed by atoms with Gasteiger partial charge < -0.3 is 24.6 Å². The third-order valence-electron chi connectivity index (χ3n) is 3.43. The Morgan fingerprint density at radius 3 is 1.96 bits per heavy atom. The van der Waals surface area contributed by atoms with E-state index in [9.17, 15) is 4.79 Å². The van der Waals surface area contributed by atoms with Crippen molar-refractivity contribution in [2.45, 2.75) is 0 Å². The number of carbonyl (C=O) groups is 1. The molecule has 0 bridgehead atoms. The van der Waals surface area contributed by atoms with Crippen LogP contribution in [0.1, 0.15) is 11.1 Å². The van der Waals surface area contributed by atoms with Gasteiger partial charge in [0.05, 0.1) is 6.61 Å². The van der Waals surface area contributed by atoms with Gasteiger partial charge in [-0.15, -0.1) is 0 Å². The van der Waals surface area contributed by atoms with Gasteiger partial charge in [0.2, 0.25) is 0 Å². The fraction of sp³-hybridized carbons (Fsp3) is 0.250. The minimum absolute atomic E-state index is 0.130. The third kappa shape index (κ3) is 6.96. The van der Waals surface area contributed by atoms with Gasteiger partial charge in [0, 0.05) is 7.11 Å². The van der Waals surface area contributed by atoms with E-state index >= 15 is 0 Å². The van der Waals surface area contributed by atoms with E-state index in [1.165, 1.54) is 0 Å². The molecule has 0 saturated heterocycles. The zero-order valence-electron chi connectivity index (χ0n) is 14.7. The summed E-state index contributed by atoms with van der Waals surface area (Å²) in [6.45, 7) is 0.565. The summed E-state index contributed by atoms with van der Waals surface area (Å²) < 4.78 is 15.8. The summed E-state index contributed by atoms with van der Waals surface area (Å²) in [5, 5.41) is 10.8. The molecule has 2 aromatic rings. The van der Waals surface area contributed by atoms with Gasteiger partial charge in [0.1, 0.15) is 24.8 Å². The molecule has 0 aliphatic heterocycles. The van der Waals surface area contributed by atoms with Crippen molar-refractivity contribution in [3.63, 3.8) is 0 Å². The van der Waals surface area contributed by atoms with Crippen LogP contribution in [0, 0.1) is 0 Å². The highest BCUT2D eigenvalue weighted by molar-refractivity contribution is 5.77. The topological polar surface area (TPSA) is 77.0 Å². The van der Waals surface area contributed by atoms with Gasteiger partial charge >= 0.3 is 0 Å². The predicted molar refractivity (Wildman–Crippen MR) is 99.9 cm³/mol. The van der Waals surface area contributed by atoms with Gasteiger partial charge in [0.15, 0.2) is 6.61 Å². The Hall–Kier alpha value is -2.83. The van der Waals surface area contributed by atoms with E-state index in [0.717, 1.165) is 16.9 Å². The number of aliphatic hydroxyl groups excluding tert-OH is 1. The number of benzene rings is 2. The number of carbonyl (C=O) groups excluding carboxylic acids is 1. The van der Waals surface area contributed by atoms with Crippen molar-refractivity contribution in [2.24, 2.45) is 0 Å². The minimum atomic E-state index is -0.397. The van der Waals surface area contributed by atoms with E-state index in [0.29, 0.717) is 19.0 Å². The summed E-state index contributed by atoms with van der Waals surface area (Å²) in [5.41, 5.74) is 2.07. The number of aliphatic hydroxyl groups is 1. The minimum Gasteiger partial charge on any atom is -0.491 e. The fourth-order valence-electron chi connectivity index (χ4n) is 2.07. The maximum absolute atomic E-state index is 11.2. The van der Waals surface area contributed by atoms with Gasteiger partial charge in [-0.2, -0.15) is 0 Å². The standard InChI is InChI=1S/C20H23NO5/c1-24-12-13-25-18-8-4-16(5-9-18)2-3-17-6-10-19(11-7-17)26-14-20(23)21-15-22/h2-11,22H,12-15H2,1H3,(H,21,23)/b3-2+. The molecule has 0 unspecified atom stereocenters. The quantitative estimate of drug-likeness (QED) is 0.388. The number of nitrogens with one attached hydrogen (secondary N) is 1. The Kier molecular flexibility index (Phi) is 8.18. The van der Waals surface area contributed by atoms with E-state index in [4.69, 9.17) is 19.3 Å². The molecular formula is C20H23NO5. The SMILES string of the molecule is COCCOc1ccc(/C=C/c2ccc(OCC(=O)NCO)cc2)cc1. The van der Waals surface area contributed by atoms with Crippen molar-refractivity contribution < 1.29 is 24.1 Å². The second-order valence-corrected chi connectivity index (χ2v) is 5.36. The lowest BCUT2D eigenvalue weighted by molar-refractivity contribution is -0.124. The average Bonchev–Trinajstić information content (AvgIpc) is 2.67. The van der Waals surface area contributed by atoms with Gasteiger partial charge in [-0.25, -0.2) is 0 Å². The molecule has 6 heteroatoms. The highest BCUT2D eigenvalue weighted by atomic mass is 16.5. The van der Waals surface area contributed by atoms with E-state index in [1.54, 1.807) is 19.2 Å². The molecule has 0 radical (unpaired) electrons. The Bertz CT molecular complexity index is 695. The van der Waals surface area contributed by atoms with Crippen LogP contribution >= 0.6 is 0 Å². The molecule has 0 aliphatic rings. The number of hydrogen-bond acceptors (Lipinski definition) is 5. The highest BCUT2D eigenvalue weighted by Crippen LogP contribution is 2.16. The van der Waals surface area contributed by atoms with Crippen molar-refractivity contribution in [1.29, 1.82) is 0 Å². The summed E-state index contributed by atoms with van der Waals surface area (Å²) in [4.78, 5) is 11.2. The van der Waals surface area contributed by atoms with Crippen molar-refractivity contribution in [2.75, 3.05) is 33.7 Å². The first-order valence-electron chi connectivity index (χ1n) is 8.21. The van der Waals surface area contributed by atoms with Crippen molar-refractivity contribution >= 4 is 18.1 Å². The molecule has 0 saturated carbocycles. The van der Waals surface area contributed by atoms with Crippen LogP contribution in [0.25, 0.3) is 12.2 Å². The lowest BCUT2D eigenvalue weighted by Gasteiger charge is -2.06. The number of amides is 1. The molecule has 0 spiro atoms. The first-order chi connectivity index (χ1) is 12.7. The molecule has 0 atom stereocenters. The molecular weight excluding hydrogens is 334 g/mol. The number of hydrogen-bond donors (Lipinski definition) is 2. The molecule has 2 rings (SSSR count). The van der Waals surface area contributed by atoms with Crippen LogP contribution in [-0.4, -0.2) is 44.7 Å². The molecule has 0 aliphatic carbocycles. The second kappa shape index (κ2) is 10.9. The molecule has 1 amide bonds. The summed E-state index contributed by atoms with van der Waals surface area (Å²) in [6.07, 6.45) is 3.99. The van der Waals surface area contributed by atoms with Crippen LogP contribution in [0.2, 0.25) is 0 Å². The second-order valence-electron chi connectivity index (χ2n) is 5.36. The number of ether oxygens (including phenoxy) is 3. The smallest absolute Gasteiger partial charge is 0.259 e. The lowest BCUT2D eigenvalue weighted by Crippen LogP contribution is -2.29. The normalized spacial score (nSPS) is 10.7. The zero-order chi connectivity index (χ0) is 18.6. The first-order valence-corrected chi connectivity index (χ1v) is 8.21. The summed E-state index contributed by atoms with van der Waals surface area (Å²) in [6, 6.07) is 15.2. The van der Waals surface area contributed by atoms with Gasteiger partial charge in [-0.05, 0) is 35.4 Å². The maximum Gasteiger partial charge on any atom is 0.259 e. The highest BCUT2D eigenvalue weighted by Gasteiger charge is 2.01. The fourth-order valence-corrected chi connectivity index (χ4v) is 2.07. The monoisotopic (exact) mass is 357 g/mol. The molecule has 0 heterocycles. The van der Waals surface area contributed by atoms with E-state index in [-0.39, 0.29) is 12.5 Å². The van der Waals surface area contributed by atoms with Crippen molar-refractivity contribution in [1.82, 2.24) is 5.32 Å². The van der Waals surface area contributed by atoms with Crippen molar-refractivity contribution in [3.8, 4) is 11.5 Å². The molecule has 0 fully saturated rings. The van der Waals surface area contributed by atoms with Gasteiger partial charge in [-0.3, -0.25) is 4.79 Å². The van der Waals surface area contributed by atoms with Gasteiger partial charge in [0.25, 0.3) is 5.91 Å². The molecule has 6 nitrogen and oxygen atoms in total. The first kappa shape index (κ1) is 19.5. The average molecular weight is 357 g/mol.